The molecule has 2 fully saturated rings. The van der Waals surface area contributed by atoms with Gasteiger partial charge in [-0.1, -0.05) is 58.9 Å². The molecule has 4 rings (SSSR count). The monoisotopic (exact) mass is 314 g/mol. The fourth-order valence-electron chi connectivity index (χ4n) is 5.29. The second kappa shape index (κ2) is 7.64. The van der Waals surface area contributed by atoms with E-state index in [1.54, 1.807) is 11.1 Å². The summed E-state index contributed by atoms with van der Waals surface area (Å²) in [7, 11) is 0. The average Bonchev–Trinajstić information content (AvgIpc) is 2.93. The largest absolute Gasteiger partial charge is 0.299 e. The highest BCUT2D eigenvalue weighted by atomic mass is 16.1. The van der Waals surface area contributed by atoms with E-state index in [0.717, 1.165) is 31.1 Å². The summed E-state index contributed by atoms with van der Waals surface area (Å²) in [5.41, 5.74) is 3.19. The summed E-state index contributed by atoms with van der Waals surface area (Å²) in [6.45, 7) is 10.3. The highest BCUT2D eigenvalue weighted by Gasteiger charge is 2.54. The molecule has 128 valence electrons. The van der Waals surface area contributed by atoms with Gasteiger partial charge in [0.25, 0.3) is 0 Å². The van der Waals surface area contributed by atoms with Crippen molar-refractivity contribution in [2.75, 3.05) is 0 Å². The number of carbonyl (C=O) groups is 1. The lowest BCUT2D eigenvalue weighted by molar-refractivity contribution is -0.129. The molecule has 0 heterocycles. The van der Waals surface area contributed by atoms with Gasteiger partial charge in [0.15, 0.2) is 0 Å². The van der Waals surface area contributed by atoms with Gasteiger partial charge < -0.3 is 0 Å². The van der Waals surface area contributed by atoms with E-state index >= 15 is 0 Å². The lowest BCUT2D eigenvalue weighted by Gasteiger charge is -2.48. The van der Waals surface area contributed by atoms with Crippen LogP contribution in [0.3, 0.4) is 0 Å². The number of benzene rings is 1. The second-order valence-corrected chi connectivity index (χ2v) is 7.03. The Morgan fingerprint density at radius 2 is 1.65 bits per heavy atom. The molecule has 0 bridgehead atoms. The summed E-state index contributed by atoms with van der Waals surface area (Å²) in [6.07, 6.45) is 6.85. The molecule has 0 N–H and O–H groups in total. The summed E-state index contributed by atoms with van der Waals surface area (Å²) in [5.74, 6) is 2.70. The van der Waals surface area contributed by atoms with Gasteiger partial charge in [0.05, 0.1) is 0 Å². The Kier molecular flexibility index (Phi) is 6.06. The summed E-state index contributed by atoms with van der Waals surface area (Å²) in [5, 5.41) is 0. The molecule has 0 aliphatic heterocycles. The fourth-order valence-corrected chi connectivity index (χ4v) is 5.29. The third kappa shape index (κ3) is 2.99. The van der Waals surface area contributed by atoms with E-state index in [4.69, 9.17) is 0 Å². The van der Waals surface area contributed by atoms with Crippen LogP contribution in [0.1, 0.15) is 83.8 Å². The fraction of sp³-hybridized carbons (Fsp3) is 0.682. The van der Waals surface area contributed by atoms with Crippen LogP contribution in [0, 0.1) is 17.3 Å². The SMILES string of the molecule is CC.CC.CC12CCC3c4ccccc4CCC3C1CCC2=O. The number of Topliss-reactive ketones (excluding diaryl/α,β-unsaturated/α-hetero) is 1. The molecule has 0 spiro atoms. The molecule has 23 heavy (non-hydrogen) atoms. The van der Waals surface area contributed by atoms with Crippen molar-refractivity contribution in [2.45, 2.75) is 79.1 Å². The summed E-state index contributed by atoms with van der Waals surface area (Å²) in [6, 6.07) is 9.00. The standard InChI is InChI=1S/C18H22O.2C2H6/c1-18-11-10-14-13-5-3-2-4-12(13)6-7-15(14)16(18)8-9-17(18)19;2*1-2/h2-5,14-16H,6-11H2,1H3;2*1-2H3. The number of carbonyl (C=O) groups excluding carboxylic acids is 1. The van der Waals surface area contributed by atoms with Crippen LogP contribution >= 0.6 is 0 Å². The van der Waals surface area contributed by atoms with Crippen LogP contribution < -0.4 is 0 Å². The zero-order valence-electron chi connectivity index (χ0n) is 15.7. The van der Waals surface area contributed by atoms with Gasteiger partial charge in [-0.3, -0.25) is 4.79 Å². The lowest BCUT2D eigenvalue weighted by atomic mass is 9.55. The minimum absolute atomic E-state index is 0.0213. The van der Waals surface area contributed by atoms with Gasteiger partial charge >= 0.3 is 0 Å². The molecule has 1 aromatic carbocycles. The Balaban J connectivity index is 0.000000448. The predicted octanol–water partition coefficient (Wildman–Crippen LogP) is 6.16. The van der Waals surface area contributed by atoms with Crippen LogP contribution in [-0.2, 0) is 11.2 Å². The summed E-state index contributed by atoms with van der Waals surface area (Å²) in [4.78, 5) is 12.3. The van der Waals surface area contributed by atoms with Crippen molar-refractivity contribution in [1.29, 1.82) is 0 Å². The molecule has 3 aliphatic rings. The van der Waals surface area contributed by atoms with Gasteiger partial charge in [-0.15, -0.1) is 0 Å². The van der Waals surface area contributed by atoms with E-state index in [0.29, 0.717) is 11.7 Å². The number of hydrogen-bond acceptors (Lipinski definition) is 1. The van der Waals surface area contributed by atoms with Crippen LogP contribution in [0.4, 0.5) is 0 Å². The maximum absolute atomic E-state index is 12.3. The van der Waals surface area contributed by atoms with Crippen molar-refractivity contribution in [1.82, 2.24) is 0 Å². The molecule has 1 nitrogen and oxygen atoms in total. The number of ketones is 1. The number of hydrogen-bond donors (Lipinski definition) is 0. The van der Waals surface area contributed by atoms with Gasteiger partial charge in [-0.25, -0.2) is 0 Å². The van der Waals surface area contributed by atoms with Crippen molar-refractivity contribution < 1.29 is 4.79 Å². The van der Waals surface area contributed by atoms with Crippen LogP contribution in [0.5, 0.6) is 0 Å². The predicted molar refractivity (Wildman–Crippen MR) is 98.8 cm³/mol. The Morgan fingerprint density at radius 3 is 2.39 bits per heavy atom. The molecule has 0 amide bonds. The molecule has 1 heteroatoms. The average molecular weight is 315 g/mol. The number of aryl methyl sites for hydroxylation is 1. The Morgan fingerprint density at radius 1 is 0.957 bits per heavy atom. The van der Waals surface area contributed by atoms with Crippen molar-refractivity contribution in [3.05, 3.63) is 35.4 Å². The third-order valence-electron chi connectivity index (χ3n) is 6.35. The van der Waals surface area contributed by atoms with E-state index in [-0.39, 0.29) is 5.41 Å². The molecule has 4 unspecified atom stereocenters. The van der Waals surface area contributed by atoms with Gasteiger partial charge in [-0.2, -0.15) is 0 Å². The van der Waals surface area contributed by atoms with Crippen LogP contribution in [0.2, 0.25) is 0 Å². The number of fused-ring (bicyclic) bond motifs is 5. The molecule has 0 aromatic heterocycles. The Hall–Kier alpha value is -1.11. The first-order chi connectivity index (χ1) is 11.2. The third-order valence-corrected chi connectivity index (χ3v) is 6.35. The molecular weight excluding hydrogens is 280 g/mol. The smallest absolute Gasteiger partial charge is 0.139 e. The van der Waals surface area contributed by atoms with Gasteiger partial charge in [0.1, 0.15) is 5.78 Å². The van der Waals surface area contributed by atoms with Gasteiger partial charge in [0, 0.05) is 11.8 Å². The zero-order chi connectivity index (χ0) is 17.0. The quantitative estimate of drug-likeness (QED) is 0.560. The van der Waals surface area contributed by atoms with Crippen molar-refractivity contribution in [2.24, 2.45) is 17.3 Å². The first-order valence-electron chi connectivity index (χ1n) is 9.81. The Bertz CT molecular complexity index is 533. The minimum atomic E-state index is 0.0213. The van der Waals surface area contributed by atoms with E-state index < -0.39 is 0 Å². The minimum Gasteiger partial charge on any atom is -0.299 e. The summed E-state index contributed by atoms with van der Waals surface area (Å²) < 4.78 is 0. The van der Waals surface area contributed by atoms with Gasteiger partial charge in [0.2, 0.25) is 0 Å². The zero-order valence-corrected chi connectivity index (χ0v) is 15.7. The van der Waals surface area contributed by atoms with Gasteiger partial charge in [-0.05, 0) is 61.0 Å². The normalized spacial score (nSPS) is 34.0. The first kappa shape index (κ1) is 18.2. The van der Waals surface area contributed by atoms with Crippen molar-refractivity contribution >= 4 is 5.78 Å². The molecule has 4 atom stereocenters. The van der Waals surface area contributed by atoms with Crippen molar-refractivity contribution in [3.8, 4) is 0 Å². The summed E-state index contributed by atoms with van der Waals surface area (Å²) >= 11 is 0. The molecule has 3 aliphatic carbocycles. The molecule has 2 saturated carbocycles. The van der Waals surface area contributed by atoms with E-state index in [2.05, 4.69) is 31.2 Å². The lowest BCUT2D eigenvalue weighted by Crippen LogP contribution is -2.42. The van der Waals surface area contributed by atoms with Crippen LogP contribution in [0.15, 0.2) is 24.3 Å². The number of rotatable bonds is 0. The van der Waals surface area contributed by atoms with Crippen LogP contribution in [-0.4, -0.2) is 5.78 Å². The Labute approximate surface area is 142 Å². The van der Waals surface area contributed by atoms with Crippen LogP contribution in [0.25, 0.3) is 0 Å². The maximum Gasteiger partial charge on any atom is 0.139 e. The molecule has 0 saturated heterocycles. The second-order valence-electron chi connectivity index (χ2n) is 7.03. The molecule has 1 aromatic rings. The maximum atomic E-state index is 12.3. The van der Waals surface area contributed by atoms with E-state index in [9.17, 15) is 4.79 Å². The highest BCUT2D eigenvalue weighted by Crippen LogP contribution is 2.59. The topological polar surface area (TPSA) is 17.1 Å². The van der Waals surface area contributed by atoms with Crippen molar-refractivity contribution in [3.63, 3.8) is 0 Å². The highest BCUT2D eigenvalue weighted by molar-refractivity contribution is 5.87. The molecule has 0 radical (unpaired) electrons. The van der Waals surface area contributed by atoms with E-state index in [1.165, 1.54) is 19.3 Å². The van der Waals surface area contributed by atoms with E-state index in [1.807, 2.05) is 27.7 Å². The first-order valence-corrected chi connectivity index (χ1v) is 9.81. The molecular formula is C22H34O.